The number of ether oxygens (including phenoxy) is 2. The van der Waals surface area contributed by atoms with Crippen LogP contribution >= 0.6 is 11.8 Å². The Balaban J connectivity index is 1.86. The minimum atomic E-state index is -3.91. The number of aryl methyl sites for hydroxylation is 1. The Labute approximate surface area is 167 Å². The summed E-state index contributed by atoms with van der Waals surface area (Å²) in [6.45, 7) is 1.86. The van der Waals surface area contributed by atoms with E-state index in [2.05, 4.69) is 9.71 Å². The molecule has 0 radical (unpaired) electrons. The molecular weight excluding hydrogens is 400 g/mol. The van der Waals surface area contributed by atoms with Crippen molar-refractivity contribution in [3.63, 3.8) is 0 Å². The van der Waals surface area contributed by atoms with E-state index in [1.807, 2.05) is 6.92 Å². The van der Waals surface area contributed by atoms with Gasteiger partial charge < -0.3 is 9.47 Å². The van der Waals surface area contributed by atoms with Crippen LogP contribution in [0.25, 0.3) is 6.08 Å². The Morgan fingerprint density at radius 2 is 1.71 bits per heavy atom. The number of amides is 1. The minimum Gasteiger partial charge on any atom is -0.493 e. The molecule has 146 valence electrons. The number of rotatable bonds is 5. The monoisotopic (exact) mass is 418 g/mol. The van der Waals surface area contributed by atoms with Gasteiger partial charge in [0.1, 0.15) is 0 Å². The number of carbonyl (C=O) groups is 1. The Morgan fingerprint density at radius 3 is 2.36 bits per heavy atom. The van der Waals surface area contributed by atoms with E-state index in [0.29, 0.717) is 22.0 Å². The summed E-state index contributed by atoms with van der Waals surface area (Å²) < 4.78 is 39.0. The van der Waals surface area contributed by atoms with Gasteiger partial charge >= 0.3 is 0 Å². The van der Waals surface area contributed by atoms with Crippen LogP contribution in [0.4, 0.5) is 0 Å². The minimum absolute atomic E-state index is 0.0114. The second-order valence-electron chi connectivity index (χ2n) is 5.86. The third-order valence-electron chi connectivity index (χ3n) is 3.88. The van der Waals surface area contributed by atoms with Crippen LogP contribution in [0.2, 0.25) is 0 Å². The number of sulfonamides is 1. The summed E-state index contributed by atoms with van der Waals surface area (Å²) in [5.74, 6) is 0.674. The van der Waals surface area contributed by atoms with Gasteiger partial charge in [0.2, 0.25) is 0 Å². The fourth-order valence-corrected chi connectivity index (χ4v) is 4.42. The fraction of sp³-hybridized carbons (Fsp3) is 0.158. The smallest absolute Gasteiger partial charge is 0.284 e. The first-order valence-electron chi connectivity index (χ1n) is 8.17. The molecule has 1 saturated heterocycles. The van der Waals surface area contributed by atoms with E-state index in [4.69, 9.17) is 9.47 Å². The summed E-state index contributed by atoms with van der Waals surface area (Å²) in [7, 11) is -0.856. The van der Waals surface area contributed by atoms with Crippen LogP contribution in [0.1, 0.15) is 11.1 Å². The summed E-state index contributed by atoms with van der Waals surface area (Å²) in [4.78, 5) is 12.6. The quantitative estimate of drug-likeness (QED) is 0.751. The van der Waals surface area contributed by atoms with Gasteiger partial charge in [-0.2, -0.15) is 8.42 Å². The molecule has 7 nitrogen and oxygen atoms in total. The van der Waals surface area contributed by atoms with Gasteiger partial charge in [0.05, 0.1) is 24.0 Å². The molecule has 2 aromatic rings. The van der Waals surface area contributed by atoms with Crippen LogP contribution < -0.4 is 14.8 Å². The predicted molar refractivity (Wildman–Crippen MR) is 109 cm³/mol. The summed E-state index contributed by atoms with van der Waals surface area (Å²) in [6.07, 6.45) is 1.63. The molecule has 1 amide bonds. The normalized spacial score (nSPS) is 17.0. The van der Waals surface area contributed by atoms with Gasteiger partial charge in [-0.15, -0.1) is 4.40 Å². The van der Waals surface area contributed by atoms with Crippen molar-refractivity contribution in [1.29, 1.82) is 0 Å². The van der Waals surface area contributed by atoms with Crippen molar-refractivity contribution in [2.45, 2.75) is 11.8 Å². The molecular formula is C19H18N2O5S2. The number of methoxy groups -OCH3 is 2. The van der Waals surface area contributed by atoms with E-state index < -0.39 is 15.9 Å². The zero-order valence-electron chi connectivity index (χ0n) is 15.4. The van der Waals surface area contributed by atoms with Crippen molar-refractivity contribution in [1.82, 2.24) is 5.32 Å². The van der Waals surface area contributed by atoms with Crippen molar-refractivity contribution < 1.29 is 22.7 Å². The topological polar surface area (TPSA) is 94.1 Å². The summed E-state index contributed by atoms with van der Waals surface area (Å²) in [5.41, 5.74) is 1.65. The Kier molecular flexibility index (Phi) is 5.76. The number of nitrogens with zero attached hydrogens (tertiary/aromatic N) is 1. The van der Waals surface area contributed by atoms with E-state index in [0.717, 1.165) is 17.3 Å². The molecule has 0 saturated carbocycles. The van der Waals surface area contributed by atoms with E-state index in [-0.39, 0.29) is 10.1 Å². The highest BCUT2D eigenvalue weighted by molar-refractivity contribution is 8.19. The SMILES string of the molecule is COc1ccc(/C=C2\SC(=NS(=O)(=O)c3ccc(C)cc3)NC2=O)cc1OC. The summed E-state index contributed by atoms with van der Waals surface area (Å²) >= 11 is 0.961. The number of nitrogens with one attached hydrogen (secondary N) is 1. The second-order valence-corrected chi connectivity index (χ2v) is 8.50. The third kappa shape index (κ3) is 4.37. The first-order valence-corrected chi connectivity index (χ1v) is 10.4. The Bertz CT molecular complexity index is 1070. The zero-order valence-corrected chi connectivity index (χ0v) is 17.1. The highest BCUT2D eigenvalue weighted by Crippen LogP contribution is 2.31. The lowest BCUT2D eigenvalue weighted by atomic mass is 10.2. The summed E-state index contributed by atoms with van der Waals surface area (Å²) in [5, 5.41) is 2.49. The maximum atomic E-state index is 12.4. The Morgan fingerprint density at radius 1 is 1.04 bits per heavy atom. The molecule has 1 heterocycles. The first kappa shape index (κ1) is 20.0. The molecule has 0 unspecified atom stereocenters. The Hall–Kier alpha value is -2.78. The van der Waals surface area contributed by atoms with Crippen LogP contribution in [-0.4, -0.2) is 33.7 Å². The molecule has 28 heavy (non-hydrogen) atoms. The largest absolute Gasteiger partial charge is 0.493 e. The average molecular weight is 418 g/mol. The molecule has 1 N–H and O–H groups in total. The number of hydrogen-bond acceptors (Lipinski definition) is 6. The van der Waals surface area contributed by atoms with Gasteiger partial charge in [-0.05, 0) is 54.6 Å². The van der Waals surface area contributed by atoms with E-state index in [1.54, 1.807) is 36.4 Å². The first-order chi connectivity index (χ1) is 13.3. The lowest BCUT2D eigenvalue weighted by Crippen LogP contribution is -2.20. The lowest BCUT2D eigenvalue weighted by molar-refractivity contribution is -0.115. The predicted octanol–water partition coefficient (Wildman–Crippen LogP) is 2.96. The molecule has 0 aliphatic carbocycles. The molecule has 3 rings (SSSR count). The molecule has 1 aliphatic rings. The van der Waals surface area contributed by atoms with E-state index in [1.165, 1.54) is 26.4 Å². The van der Waals surface area contributed by atoms with Crippen LogP contribution in [0.15, 0.2) is 56.7 Å². The van der Waals surface area contributed by atoms with Crippen molar-refractivity contribution >= 4 is 38.9 Å². The molecule has 2 aromatic carbocycles. The van der Waals surface area contributed by atoms with E-state index >= 15 is 0 Å². The van der Waals surface area contributed by atoms with Gasteiger partial charge in [-0.25, -0.2) is 0 Å². The highest BCUT2D eigenvalue weighted by atomic mass is 32.2. The number of carbonyl (C=O) groups excluding carboxylic acids is 1. The average Bonchev–Trinajstić information content (AvgIpc) is 3.00. The summed E-state index contributed by atoms with van der Waals surface area (Å²) in [6, 6.07) is 11.6. The molecule has 9 heteroatoms. The van der Waals surface area contributed by atoms with Crippen LogP contribution in [0, 0.1) is 6.92 Å². The van der Waals surface area contributed by atoms with Crippen LogP contribution in [0.3, 0.4) is 0 Å². The standard InChI is InChI=1S/C19H18N2O5S2/c1-12-4-7-14(8-5-12)28(23,24)21-19-20-18(22)17(27-19)11-13-6-9-15(25-2)16(10-13)26-3/h4-11H,1-3H3,(H,20,21,22)/b17-11-. The number of thioether (sulfide) groups is 1. The maximum absolute atomic E-state index is 12.4. The van der Waals surface area contributed by atoms with Crippen LogP contribution in [0.5, 0.6) is 11.5 Å². The number of hydrogen-bond donors (Lipinski definition) is 1. The van der Waals surface area contributed by atoms with Crippen molar-refractivity contribution in [2.75, 3.05) is 14.2 Å². The zero-order chi connectivity index (χ0) is 20.3. The van der Waals surface area contributed by atoms with Gasteiger partial charge in [0.15, 0.2) is 16.7 Å². The van der Waals surface area contributed by atoms with Gasteiger partial charge in [-0.1, -0.05) is 23.8 Å². The van der Waals surface area contributed by atoms with Crippen molar-refractivity contribution in [3.05, 3.63) is 58.5 Å². The van der Waals surface area contributed by atoms with Gasteiger partial charge in [0.25, 0.3) is 15.9 Å². The third-order valence-corrected chi connectivity index (χ3v) is 6.19. The van der Waals surface area contributed by atoms with Crippen LogP contribution in [-0.2, 0) is 14.8 Å². The molecule has 0 atom stereocenters. The van der Waals surface area contributed by atoms with Gasteiger partial charge in [0, 0.05) is 0 Å². The maximum Gasteiger partial charge on any atom is 0.284 e. The van der Waals surface area contributed by atoms with Crippen molar-refractivity contribution in [3.8, 4) is 11.5 Å². The number of amidine groups is 1. The lowest BCUT2D eigenvalue weighted by Gasteiger charge is -2.07. The van der Waals surface area contributed by atoms with Gasteiger partial charge in [-0.3, -0.25) is 10.1 Å². The molecule has 0 aromatic heterocycles. The fourth-order valence-electron chi connectivity index (χ4n) is 2.44. The molecule has 1 aliphatic heterocycles. The molecule has 0 bridgehead atoms. The highest BCUT2D eigenvalue weighted by Gasteiger charge is 2.26. The van der Waals surface area contributed by atoms with Crippen molar-refractivity contribution in [2.24, 2.45) is 4.40 Å². The van der Waals surface area contributed by atoms with E-state index in [9.17, 15) is 13.2 Å². The number of benzene rings is 2. The molecule has 1 fully saturated rings. The molecule has 0 spiro atoms. The second kappa shape index (κ2) is 8.07.